The molecule has 2 rings (SSSR count). The van der Waals surface area contributed by atoms with Crippen molar-refractivity contribution in [2.45, 2.75) is 6.92 Å². The Morgan fingerprint density at radius 3 is 2.50 bits per heavy atom. The molecule has 0 saturated heterocycles. The second-order valence-electron chi connectivity index (χ2n) is 4.87. The van der Waals surface area contributed by atoms with E-state index in [9.17, 15) is 15.3 Å². The molecule has 0 aliphatic heterocycles. The summed E-state index contributed by atoms with van der Waals surface area (Å²) in [5, 5.41) is 34.6. The average Bonchev–Trinajstić information content (AvgIpc) is 2.57. The van der Waals surface area contributed by atoms with Gasteiger partial charge in [-0.25, -0.2) is 5.01 Å². The van der Waals surface area contributed by atoms with Gasteiger partial charge in [-0.05, 0) is 43.4 Å². The van der Waals surface area contributed by atoms with Gasteiger partial charge in [-0.2, -0.15) is 5.10 Å². The zero-order valence-corrected chi connectivity index (χ0v) is 13.9. The first-order chi connectivity index (χ1) is 11.3. The Morgan fingerprint density at radius 2 is 1.88 bits per heavy atom. The molecule has 2 aromatic rings. The standard InChI is InChI=1S/C16H17N3O4S/c1-9(12-6-7-13(20)15(22)14(12)21)18-19(16(17)24)10-4-3-5-11(8-10)23-2/h3-8,20-22H,1-2H3,(H2,17,24)/b18-9+. The monoisotopic (exact) mass is 347 g/mol. The fourth-order valence-electron chi connectivity index (χ4n) is 2.04. The Kier molecular flexibility index (Phi) is 5.10. The van der Waals surface area contributed by atoms with E-state index in [0.29, 0.717) is 17.1 Å². The molecule has 0 aliphatic rings. The van der Waals surface area contributed by atoms with Gasteiger partial charge in [0.15, 0.2) is 16.6 Å². The summed E-state index contributed by atoms with van der Waals surface area (Å²) in [6.45, 7) is 1.61. The molecule has 0 aromatic heterocycles. The molecule has 0 heterocycles. The zero-order valence-electron chi connectivity index (χ0n) is 13.1. The number of nitrogens with zero attached hydrogens (tertiary/aromatic N) is 2. The lowest BCUT2D eigenvalue weighted by Crippen LogP contribution is -2.31. The van der Waals surface area contributed by atoms with Crippen LogP contribution in [0.4, 0.5) is 5.69 Å². The summed E-state index contributed by atoms with van der Waals surface area (Å²) in [6.07, 6.45) is 0. The minimum atomic E-state index is -0.620. The highest BCUT2D eigenvalue weighted by Crippen LogP contribution is 2.37. The van der Waals surface area contributed by atoms with Crippen LogP contribution >= 0.6 is 12.2 Å². The minimum absolute atomic E-state index is 0.00917. The fourth-order valence-corrected chi connectivity index (χ4v) is 2.19. The molecule has 0 radical (unpaired) electrons. The first kappa shape index (κ1) is 17.4. The lowest BCUT2D eigenvalue weighted by Gasteiger charge is -2.19. The van der Waals surface area contributed by atoms with Gasteiger partial charge in [0.1, 0.15) is 5.75 Å². The van der Waals surface area contributed by atoms with Gasteiger partial charge in [0.2, 0.25) is 5.75 Å². The Bertz CT molecular complexity index is 808. The molecule has 2 aromatic carbocycles. The second-order valence-corrected chi connectivity index (χ2v) is 5.28. The van der Waals surface area contributed by atoms with Crippen molar-refractivity contribution in [3.8, 4) is 23.0 Å². The maximum atomic E-state index is 9.96. The van der Waals surface area contributed by atoms with Crippen LogP contribution in [0.5, 0.6) is 23.0 Å². The van der Waals surface area contributed by atoms with Crippen LogP contribution in [0.15, 0.2) is 41.5 Å². The molecule has 24 heavy (non-hydrogen) atoms. The maximum absolute atomic E-state index is 9.96. The first-order valence-electron chi connectivity index (χ1n) is 6.88. The van der Waals surface area contributed by atoms with Crippen molar-refractivity contribution in [3.63, 3.8) is 0 Å². The summed E-state index contributed by atoms with van der Waals surface area (Å²) < 4.78 is 5.16. The van der Waals surface area contributed by atoms with Crippen molar-refractivity contribution in [3.05, 3.63) is 42.0 Å². The molecule has 126 valence electrons. The van der Waals surface area contributed by atoms with E-state index in [2.05, 4.69) is 5.10 Å². The van der Waals surface area contributed by atoms with Crippen LogP contribution in [-0.2, 0) is 0 Å². The van der Waals surface area contributed by atoms with Gasteiger partial charge in [-0.3, -0.25) is 0 Å². The molecule has 0 aliphatic carbocycles. The fraction of sp³-hybridized carbons (Fsp3) is 0.125. The summed E-state index contributed by atoms with van der Waals surface area (Å²) in [4.78, 5) is 0. The number of phenolic OH excluding ortho intramolecular Hbond substituents is 3. The van der Waals surface area contributed by atoms with Crippen LogP contribution in [0.2, 0.25) is 0 Å². The lowest BCUT2D eigenvalue weighted by molar-refractivity contribution is 0.367. The Morgan fingerprint density at radius 1 is 1.17 bits per heavy atom. The number of hydrazone groups is 1. The number of thiocarbonyl (C=S) groups is 1. The third-order valence-electron chi connectivity index (χ3n) is 3.28. The van der Waals surface area contributed by atoms with Gasteiger partial charge in [0, 0.05) is 11.6 Å². The van der Waals surface area contributed by atoms with E-state index < -0.39 is 17.2 Å². The molecule has 0 bridgehead atoms. The van der Waals surface area contributed by atoms with E-state index in [0.717, 1.165) is 0 Å². The SMILES string of the molecule is COc1cccc(N(/N=C(\C)c2ccc(O)c(O)c2O)C(N)=S)c1. The van der Waals surface area contributed by atoms with Crippen molar-refractivity contribution in [2.75, 3.05) is 12.1 Å². The topological polar surface area (TPSA) is 112 Å². The lowest BCUT2D eigenvalue weighted by atomic mass is 10.1. The number of ether oxygens (including phenoxy) is 1. The Balaban J connectivity index is 2.47. The van der Waals surface area contributed by atoms with E-state index in [4.69, 9.17) is 22.7 Å². The van der Waals surface area contributed by atoms with Crippen LogP contribution in [0.25, 0.3) is 0 Å². The highest BCUT2D eigenvalue weighted by atomic mass is 32.1. The molecule has 0 amide bonds. The molecule has 0 atom stereocenters. The second kappa shape index (κ2) is 7.05. The van der Waals surface area contributed by atoms with E-state index in [1.54, 1.807) is 31.2 Å². The van der Waals surface area contributed by atoms with Crippen molar-refractivity contribution >= 4 is 28.7 Å². The third-order valence-corrected chi connectivity index (χ3v) is 3.45. The number of rotatable bonds is 4. The van der Waals surface area contributed by atoms with Crippen molar-refractivity contribution in [2.24, 2.45) is 10.8 Å². The molecule has 0 unspecified atom stereocenters. The van der Waals surface area contributed by atoms with Gasteiger partial charge >= 0.3 is 0 Å². The number of phenols is 3. The highest BCUT2D eigenvalue weighted by Gasteiger charge is 2.16. The van der Waals surface area contributed by atoms with E-state index in [-0.39, 0.29) is 10.7 Å². The first-order valence-corrected chi connectivity index (χ1v) is 7.29. The minimum Gasteiger partial charge on any atom is -0.504 e. The molecular weight excluding hydrogens is 330 g/mol. The van der Waals surface area contributed by atoms with Gasteiger partial charge in [0.25, 0.3) is 0 Å². The van der Waals surface area contributed by atoms with Crippen LogP contribution in [-0.4, -0.2) is 33.3 Å². The number of anilines is 1. The van der Waals surface area contributed by atoms with E-state index >= 15 is 0 Å². The number of hydrogen-bond acceptors (Lipinski definition) is 6. The summed E-state index contributed by atoms with van der Waals surface area (Å²) >= 11 is 5.03. The number of benzene rings is 2. The summed E-state index contributed by atoms with van der Waals surface area (Å²) in [6, 6.07) is 9.64. The molecule has 0 spiro atoms. The maximum Gasteiger partial charge on any atom is 0.200 e. The van der Waals surface area contributed by atoms with Crippen LogP contribution in [0.3, 0.4) is 0 Å². The molecule has 5 N–H and O–H groups in total. The van der Waals surface area contributed by atoms with Crippen molar-refractivity contribution in [1.82, 2.24) is 0 Å². The van der Waals surface area contributed by atoms with Crippen LogP contribution in [0, 0.1) is 0 Å². The number of methoxy groups -OCH3 is 1. The van der Waals surface area contributed by atoms with E-state index in [1.807, 2.05) is 0 Å². The Hall–Kier alpha value is -3.00. The Labute approximate surface area is 144 Å². The molecule has 8 heteroatoms. The molecule has 0 fully saturated rings. The summed E-state index contributed by atoms with van der Waals surface area (Å²) in [5.41, 5.74) is 6.87. The largest absolute Gasteiger partial charge is 0.504 e. The summed E-state index contributed by atoms with van der Waals surface area (Å²) in [7, 11) is 1.54. The quantitative estimate of drug-likeness (QED) is 0.290. The highest BCUT2D eigenvalue weighted by molar-refractivity contribution is 7.80. The van der Waals surface area contributed by atoms with E-state index in [1.165, 1.54) is 24.3 Å². The predicted molar refractivity (Wildman–Crippen MR) is 95.9 cm³/mol. The predicted octanol–water partition coefficient (Wildman–Crippen LogP) is 2.29. The third kappa shape index (κ3) is 3.49. The van der Waals surface area contributed by atoms with Gasteiger partial charge in [0.05, 0.1) is 18.5 Å². The number of hydrogen-bond donors (Lipinski definition) is 4. The average molecular weight is 347 g/mol. The molecule has 0 saturated carbocycles. The van der Waals surface area contributed by atoms with Crippen molar-refractivity contribution < 1.29 is 20.1 Å². The number of nitrogens with two attached hydrogens (primary N) is 1. The van der Waals surface area contributed by atoms with Crippen LogP contribution < -0.4 is 15.5 Å². The van der Waals surface area contributed by atoms with Crippen LogP contribution in [0.1, 0.15) is 12.5 Å². The molecule has 7 nitrogen and oxygen atoms in total. The van der Waals surface area contributed by atoms with Gasteiger partial charge in [-0.15, -0.1) is 0 Å². The summed E-state index contributed by atoms with van der Waals surface area (Å²) in [5.74, 6) is -0.926. The number of aromatic hydroxyl groups is 3. The smallest absolute Gasteiger partial charge is 0.200 e. The van der Waals surface area contributed by atoms with Crippen molar-refractivity contribution in [1.29, 1.82) is 0 Å². The molecular formula is C16H17N3O4S. The van der Waals surface area contributed by atoms with Gasteiger partial charge in [-0.1, -0.05) is 6.07 Å². The van der Waals surface area contributed by atoms with Gasteiger partial charge < -0.3 is 25.8 Å². The zero-order chi connectivity index (χ0) is 17.9. The normalized spacial score (nSPS) is 11.2.